The minimum Gasteiger partial charge on any atom is -0.490 e. The summed E-state index contributed by atoms with van der Waals surface area (Å²) >= 11 is 0. The molecule has 7 nitrogen and oxygen atoms in total. The number of Topliss-reactive ketones (excluding diaryl/α,β-unsaturated/α-hetero) is 1. The highest BCUT2D eigenvalue weighted by Gasteiger charge is 2.20. The lowest BCUT2D eigenvalue weighted by atomic mass is 10.1. The van der Waals surface area contributed by atoms with Crippen molar-refractivity contribution < 1.29 is 24.1 Å². The molecule has 0 unspecified atom stereocenters. The van der Waals surface area contributed by atoms with Crippen molar-refractivity contribution >= 4 is 11.5 Å². The second kappa shape index (κ2) is 7.14. The fourth-order valence-corrected chi connectivity index (χ4v) is 2.35. The van der Waals surface area contributed by atoms with Crippen LogP contribution in [0.5, 0.6) is 5.75 Å². The second-order valence-corrected chi connectivity index (χ2v) is 4.93. The Morgan fingerprint density at radius 2 is 2.14 bits per heavy atom. The first-order valence-corrected chi connectivity index (χ1v) is 6.88. The normalized spacial score (nSPS) is 15.7. The maximum absolute atomic E-state index is 12.2. The van der Waals surface area contributed by atoms with Gasteiger partial charge in [-0.2, -0.15) is 0 Å². The van der Waals surface area contributed by atoms with Crippen LogP contribution >= 0.6 is 0 Å². The van der Waals surface area contributed by atoms with Gasteiger partial charge in [0, 0.05) is 11.6 Å². The molecule has 0 radical (unpaired) electrons. The molecular weight excluding hydrogens is 276 g/mol. The van der Waals surface area contributed by atoms with Gasteiger partial charge in [0.1, 0.15) is 13.1 Å². The molecule has 1 saturated heterocycles. The van der Waals surface area contributed by atoms with Crippen molar-refractivity contribution in [1.29, 1.82) is 0 Å². The van der Waals surface area contributed by atoms with Crippen LogP contribution in [0.3, 0.4) is 0 Å². The summed E-state index contributed by atoms with van der Waals surface area (Å²) in [6, 6.07) is 4.32. The van der Waals surface area contributed by atoms with Crippen LogP contribution in [0.25, 0.3) is 0 Å². The molecule has 1 heterocycles. The SMILES string of the molecule is COc1ccc(C(=O)CC[NH+]2CCOCC2)cc1[N+](=O)[O-]. The van der Waals surface area contributed by atoms with Crippen molar-refractivity contribution in [3.63, 3.8) is 0 Å². The van der Waals surface area contributed by atoms with Gasteiger partial charge in [-0.15, -0.1) is 0 Å². The van der Waals surface area contributed by atoms with E-state index in [0.717, 1.165) is 32.8 Å². The topological polar surface area (TPSA) is 83.1 Å². The molecule has 1 aliphatic heterocycles. The Balaban J connectivity index is 2.01. The molecule has 21 heavy (non-hydrogen) atoms. The van der Waals surface area contributed by atoms with Crippen LogP contribution in [0.15, 0.2) is 18.2 Å². The third-order valence-electron chi connectivity index (χ3n) is 3.60. The van der Waals surface area contributed by atoms with Gasteiger partial charge in [-0.05, 0) is 12.1 Å². The van der Waals surface area contributed by atoms with E-state index < -0.39 is 4.92 Å². The minimum atomic E-state index is -0.539. The average Bonchev–Trinajstić information content (AvgIpc) is 2.52. The van der Waals surface area contributed by atoms with Crippen molar-refractivity contribution in [3.05, 3.63) is 33.9 Å². The maximum Gasteiger partial charge on any atom is 0.311 e. The van der Waals surface area contributed by atoms with E-state index >= 15 is 0 Å². The standard InChI is InChI=1S/C14H18N2O5/c1-20-14-3-2-11(10-12(14)16(18)19)13(17)4-5-15-6-8-21-9-7-15/h2-3,10H,4-9H2,1H3/p+1. The fraction of sp³-hybridized carbons (Fsp3) is 0.500. The van der Waals surface area contributed by atoms with Gasteiger partial charge in [-0.1, -0.05) is 0 Å². The number of rotatable bonds is 6. The molecule has 1 fully saturated rings. The monoisotopic (exact) mass is 295 g/mol. The Morgan fingerprint density at radius 3 is 2.76 bits per heavy atom. The molecule has 1 N–H and O–H groups in total. The number of morpholine rings is 1. The molecule has 0 bridgehead atoms. The lowest BCUT2D eigenvalue weighted by Crippen LogP contribution is -3.14. The molecular formula is C14H19N2O5+. The van der Waals surface area contributed by atoms with E-state index in [1.54, 1.807) is 6.07 Å². The van der Waals surface area contributed by atoms with Crippen molar-refractivity contribution in [1.82, 2.24) is 0 Å². The summed E-state index contributed by atoms with van der Waals surface area (Å²) in [7, 11) is 1.37. The van der Waals surface area contributed by atoms with E-state index in [4.69, 9.17) is 9.47 Å². The number of carbonyl (C=O) groups is 1. The van der Waals surface area contributed by atoms with E-state index in [2.05, 4.69) is 0 Å². The summed E-state index contributed by atoms with van der Waals surface area (Å²) in [6.45, 7) is 3.96. The molecule has 7 heteroatoms. The highest BCUT2D eigenvalue weighted by Crippen LogP contribution is 2.27. The van der Waals surface area contributed by atoms with Crippen molar-refractivity contribution in [2.45, 2.75) is 6.42 Å². The third kappa shape index (κ3) is 3.99. The number of methoxy groups -OCH3 is 1. The van der Waals surface area contributed by atoms with E-state index in [0.29, 0.717) is 12.0 Å². The number of nitrogens with zero attached hydrogens (tertiary/aromatic N) is 1. The summed E-state index contributed by atoms with van der Waals surface area (Å²) < 4.78 is 10.2. The number of quaternary nitrogens is 1. The minimum absolute atomic E-state index is 0.0836. The molecule has 0 saturated carbocycles. The fourth-order valence-electron chi connectivity index (χ4n) is 2.35. The van der Waals surface area contributed by atoms with Crippen LogP contribution < -0.4 is 9.64 Å². The van der Waals surface area contributed by atoms with Gasteiger partial charge in [0.2, 0.25) is 0 Å². The zero-order chi connectivity index (χ0) is 15.2. The average molecular weight is 295 g/mol. The van der Waals surface area contributed by atoms with Crippen LogP contribution in [0.2, 0.25) is 0 Å². The maximum atomic E-state index is 12.2. The zero-order valence-corrected chi connectivity index (χ0v) is 12.0. The van der Waals surface area contributed by atoms with E-state index in [-0.39, 0.29) is 17.2 Å². The van der Waals surface area contributed by atoms with Gasteiger partial charge < -0.3 is 14.4 Å². The van der Waals surface area contributed by atoms with Crippen LogP contribution in [-0.2, 0) is 4.74 Å². The van der Waals surface area contributed by atoms with Gasteiger partial charge in [0.05, 0.1) is 38.2 Å². The van der Waals surface area contributed by atoms with Crippen LogP contribution in [0.4, 0.5) is 5.69 Å². The number of hydrogen-bond acceptors (Lipinski definition) is 5. The number of nitro benzene ring substituents is 1. The summed E-state index contributed by atoms with van der Waals surface area (Å²) in [4.78, 5) is 23.9. The molecule has 2 rings (SSSR count). The number of hydrogen-bond donors (Lipinski definition) is 1. The quantitative estimate of drug-likeness (QED) is 0.457. The number of benzene rings is 1. The number of nitrogens with one attached hydrogen (secondary N) is 1. The predicted octanol–water partition coefficient (Wildman–Crippen LogP) is 0.0913. The van der Waals surface area contributed by atoms with Gasteiger partial charge >= 0.3 is 5.69 Å². The summed E-state index contributed by atoms with van der Waals surface area (Å²) in [5.74, 6) is 0.0788. The number of nitro groups is 1. The molecule has 0 atom stereocenters. The van der Waals surface area contributed by atoms with Crippen LogP contribution in [0, 0.1) is 10.1 Å². The first kappa shape index (κ1) is 15.4. The Bertz CT molecular complexity index is 526. The van der Waals surface area contributed by atoms with Gasteiger partial charge in [0.25, 0.3) is 0 Å². The number of ether oxygens (including phenoxy) is 2. The molecule has 1 aromatic rings. The molecule has 114 valence electrons. The highest BCUT2D eigenvalue weighted by atomic mass is 16.6. The molecule has 0 aromatic heterocycles. The van der Waals surface area contributed by atoms with E-state index in [1.165, 1.54) is 24.1 Å². The van der Waals surface area contributed by atoms with Crippen molar-refractivity contribution in [2.75, 3.05) is 40.0 Å². The van der Waals surface area contributed by atoms with E-state index in [9.17, 15) is 14.9 Å². The molecule has 0 spiro atoms. The Labute approximate surface area is 122 Å². The second-order valence-electron chi connectivity index (χ2n) is 4.93. The zero-order valence-electron chi connectivity index (χ0n) is 12.0. The van der Waals surface area contributed by atoms with Gasteiger partial charge in [0.15, 0.2) is 11.5 Å². The van der Waals surface area contributed by atoms with Crippen LogP contribution in [0.1, 0.15) is 16.8 Å². The third-order valence-corrected chi connectivity index (χ3v) is 3.60. The molecule has 1 aromatic carbocycles. The van der Waals surface area contributed by atoms with Gasteiger partial charge in [-0.3, -0.25) is 14.9 Å². The first-order valence-electron chi connectivity index (χ1n) is 6.88. The molecule has 1 aliphatic rings. The van der Waals surface area contributed by atoms with Gasteiger partial charge in [-0.25, -0.2) is 0 Å². The smallest absolute Gasteiger partial charge is 0.311 e. The first-order chi connectivity index (χ1) is 10.1. The molecule has 0 aliphatic carbocycles. The number of ketones is 1. The highest BCUT2D eigenvalue weighted by molar-refractivity contribution is 5.97. The number of carbonyl (C=O) groups excluding carboxylic acids is 1. The lowest BCUT2D eigenvalue weighted by molar-refractivity contribution is -0.907. The van der Waals surface area contributed by atoms with E-state index in [1.807, 2.05) is 0 Å². The van der Waals surface area contributed by atoms with Crippen molar-refractivity contribution in [3.8, 4) is 5.75 Å². The summed E-state index contributed by atoms with van der Waals surface area (Å²) in [5.41, 5.74) is 0.178. The predicted molar refractivity (Wildman–Crippen MR) is 75.0 cm³/mol. The Morgan fingerprint density at radius 1 is 1.43 bits per heavy atom. The summed E-state index contributed by atoms with van der Waals surface area (Å²) in [5, 5.41) is 11.0. The van der Waals surface area contributed by atoms with Crippen LogP contribution in [-0.4, -0.2) is 50.7 Å². The molecule has 0 amide bonds. The largest absolute Gasteiger partial charge is 0.490 e. The summed E-state index contributed by atoms with van der Waals surface area (Å²) in [6.07, 6.45) is 0.374. The van der Waals surface area contributed by atoms with Crippen molar-refractivity contribution in [2.24, 2.45) is 0 Å². The Kier molecular flexibility index (Phi) is 5.24. The Hall–Kier alpha value is -1.99. The lowest BCUT2D eigenvalue weighted by Gasteiger charge is -2.23.